The molecule has 2 aromatic carbocycles. The molecule has 0 radical (unpaired) electrons. The molecular formula is C24H21ClFN5O2. The van der Waals surface area contributed by atoms with Gasteiger partial charge in [0.2, 0.25) is 5.91 Å². The van der Waals surface area contributed by atoms with E-state index in [1.807, 2.05) is 4.90 Å². The number of hydrogen-bond donors (Lipinski definition) is 1. The first-order chi connectivity index (χ1) is 16.0. The summed E-state index contributed by atoms with van der Waals surface area (Å²) in [4.78, 5) is 26.7. The molecule has 1 aliphatic carbocycles. The molecule has 33 heavy (non-hydrogen) atoms. The standard InChI is InChI=1S/C24H21ClFN5O2/c25-19-3-1-2-17(18(19)12-27)16-6-7-21(20(26)11-16)31-22(28-29-24(31)33)10-14-8-9-30(13-14)23(32)15-4-5-15/h1-3,6-7,11,14-15H,4-5,8-10,13H2,(H,29,33)/t14-/m0/s1. The van der Waals surface area contributed by atoms with Crippen molar-refractivity contribution >= 4 is 17.5 Å². The number of likely N-dealkylation sites (tertiary alicyclic amines) is 1. The molecule has 1 N–H and O–H groups in total. The Morgan fingerprint density at radius 3 is 2.82 bits per heavy atom. The minimum absolute atomic E-state index is 0.0805. The molecule has 1 saturated carbocycles. The molecule has 2 aliphatic rings. The maximum Gasteiger partial charge on any atom is 0.348 e. The number of aromatic amines is 1. The number of hydrogen-bond acceptors (Lipinski definition) is 4. The molecule has 1 aliphatic heterocycles. The maximum absolute atomic E-state index is 15.2. The Hall–Kier alpha value is -3.44. The number of aromatic nitrogens is 3. The number of carbonyl (C=O) groups is 1. The molecule has 1 atom stereocenters. The number of nitrogens with zero attached hydrogens (tertiary/aromatic N) is 4. The van der Waals surface area contributed by atoms with Crippen LogP contribution in [0.4, 0.5) is 4.39 Å². The molecule has 1 amide bonds. The van der Waals surface area contributed by atoms with Crippen molar-refractivity contribution < 1.29 is 9.18 Å². The molecule has 2 fully saturated rings. The lowest BCUT2D eigenvalue weighted by Crippen LogP contribution is -2.30. The van der Waals surface area contributed by atoms with E-state index in [1.165, 1.54) is 16.7 Å². The van der Waals surface area contributed by atoms with Gasteiger partial charge >= 0.3 is 5.69 Å². The van der Waals surface area contributed by atoms with Crippen molar-refractivity contribution in [2.45, 2.75) is 25.7 Å². The number of nitriles is 1. The van der Waals surface area contributed by atoms with Gasteiger partial charge in [0.1, 0.15) is 17.7 Å². The predicted molar refractivity (Wildman–Crippen MR) is 120 cm³/mol. The van der Waals surface area contributed by atoms with Gasteiger partial charge in [0.15, 0.2) is 0 Å². The Bertz CT molecular complexity index is 1340. The molecule has 0 spiro atoms. The Morgan fingerprint density at radius 2 is 2.09 bits per heavy atom. The normalized spacial score (nSPS) is 17.8. The zero-order chi connectivity index (χ0) is 23.1. The molecular weight excluding hydrogens is 445 g/mol. The maximum atomic E-state index is 15.2. The Balaban J connectivity index is 1.41. The first kappa shape index (κ1) is 21.4. The second kappa shape index (κ2) is 8.49. The summed E-state index contributed by atoms with van der Waals surface area (Å²) in [6, 6.07) is 11.5. The summed E-state index contributed by atoms with van der Waals surface area (Å²) < 4.78 is 16.4. The summed E-state index contributed by atoms with van der Waals surface area (Å²) in [5.74, 6) is 0.377. The van der Waals surface area contributed by atoms with Gasteiger partial charge in [0.05, 0.1) is 16.3 Å². The fourth-order valence-corrected chi connectivity index (χ4v) is 4.71. The highest BCUT2D eigenvalue weighted by Crippen LogP contribution is 2.34. The molecule has 9 heteroatoms. The second-order valence-corrected chi connectivity index (χ2v) is 9.05. The third kappa shape index (κ3) is 4.05. The van der Waals surface area contributed by atoms with E-state index in [0.29, 0.717) is 41.5 Å². The van der Waals surface area contributed by atoms with Gasteiger partial charge in [-0.2, -0.15) is 10.4 Å². The minimum Gasteiger partial charge on any atom is -0.342 e. The molecule has 5 rings (SSSR count). The molecule has 0 bridgehead atoms. The third-order valence-electron chi connectivity index (χ3n) is 6.36. The van der Waals surface area contributed by atoms with E-state index in [2.05, 4.69) is 16.3 Å². The average Bonchev–Trinajstić information content (AvgIpc) is 3.46. The van der Waals surface area contributed by atoms with Gasteiger partial charge in [-0.15, -0.1) is 0 Å². The molecule has 1 aromatic heterocycles. The fourth-order valence-electron chi connectivity index (χ4n) is 4.50. The number of amides is 1. The minimum atomic E-state index is -0.613. The average molecular weight is 466 g/mol. The lowest BCUT2D eigenvalue weighted by molar-refractivity contribution is -0.131. The van der Waals surface area contributed by atoms with Gasteiger partial charge in [-0.3, -0.25) is 4.79 Å². The van der Waals surface area contributed by atoms with Gasteiger partial charge in [-0.25, -0.2) is 18.9 Å². The van der Waals surface area contributed by atoms with Crippen LogP contribution in [0.3, 0.4) is 0 Å². The van der Waals surface area contributed by atoms with Crippen LogP contribution < -0.4 is 5.69 Å². The monoisotopic (exact) mass is 465 g/mol. The fraction of sp³-hybridized carbons (Fsp3) is 0.333. The number of carbonyl (C=O) groups excluding carboxylic acids is 1. The molecule has 7 nitrogen and oxygen atoms in total. The van der Waals surface area contributed by atoms with Crippen LogP contribution in [0.1, 0.15) is 30.7 Å². The number of nitrogens with one attached hydrogen (secondary N) is 1. The van der Waals surface area contributed by atoms with E-state index in [0.717, 1.165) is 19.3 Å². The molecule has 0 unspecified atom stereocenters. The summed E-state index contributed by atoms with van der Waals surface area (Å²) in [5.41, 5.74) is 0.817. The summed E-state index contributed by atoms with van der Waals surface area (Å²) in [6.45, 7) is 1.34. The molecule has 1 saturated heterocycles. The van der Waals surface area contributed by atoms with Crippen LogP contribution in [0.15, 0.2) is 41.2 Å². The van der Waals surface area contributed by atoms with E-state index >= 15 is 4.39 Å². The Morgan fingerprint density at radius 1 is 1.27 bits per heavy atom. The first-order valence-electron chi connectivity index (χ1n) is 10.9. The van der Waals surface area contributed by atoms with Crippen molar-refractivity contribution in [1.82, 2.24) is 19.7 Å². The highest BCUT2D eigenvalue weighted by molar-refractivity contribution is 6.32. The van der Waals surface area contributed by atoms with Gasteiger partial charge in [0.25, 0.3) is 0 Å². The van der Waals surface area contributed by atoms with Gasteiger partial charge in [-0.05, 0) is 48.9 Å². The molecule has 168 valence electrons. The van der Waals surface area contributed by atoms with Crippen LogP contribution in [0.2, 0.25) is 5.02 Å². The van der Waals surface area contributed by atoms with Crippen molar-refractivity contribution in [1.29, 1.82) is 5.26 Å². The smallest absolute Gasteiger partial charge is 0.342 e. The Labute approximate surface area is 194 Å². The highest BCUT2D eigenvalue weighted by Gasteiger charge is 2.37. The highest BCUT2D eigenvalue weighted by atomic mass is 35.5. The number of benzene rings is 2. The molecule has 2 heterocycles. The van der Waals surface area contributed by atoms with E-state index < -0.39 is 11.5 Å². The van der Waals surface area contributed by atoms with E-state index in [-0.39, 0.29) is 29.0 Å². The number of halogens is 2. The lowest BCUT2D eigenvalue weighted by Gasteiger charge is -2.16. The van der Waals surface area contributed by atoms with Crippen LogP contribution in [-0.2, 0) is 11.2 Å². The second-order valence-electron chi connectivity index (χ2n) is 8.64. The van der Waals surface area contributed by atoms with Crippen LogP contribution in [0, 0.1) is 29.0 Å². The van der Waals surface area contributed by atoms with Crippen molar-refractivity contribution in [3.05, 3.63) is 69.1 Å². The van der Waals surface area contributed by atoms with Gasteiger partial charge in [-0.1, -0.05) is 29.8 Å². The zero-order valence-electron chi connectivity index (χ0n) is 17.7. The van der Waals surface area contributed by atoms with E-state index in [1.54, 1.807) is 24.3 Å². The summed E-state index contributed by atoms with van der Waals surface area (Å²) >= 11 is 6.11. The van der Waals surface area contributed by atoms with Crippen LogP contribution in [0.25, 0.3) is 16.8 Å². The van der Waals surface area contributed by atoms with Crippen molar-refractivity contribution in [3.8, 4) is 22.9 Å². The van der Waals surface area contributed by atoms with E-state index in [9.17, 15) is 14.9 Å². The van der Waals surface area contributed by atoms with Crippen molar-refractivity contribution in [3.63, 3.8) is 0 Å². The van der Waals surface area contributed by atoms with Crippen molar-refractivity contribution in [2.24, 2.45) is 11.8 Å². The Kier molecular flexibility index (Phi) is 5.51. The third-order valence-corrected chi connectivity index (χ3v) is 6.68. The van der Waals surface area contributed by atoms with E-state index in [4.69, 9.17) is 11.6 Å². The molecule has 3 aromatic rings. The van der Waals surface area contributed by atoms with Crippen molar-refractivity contribution in [2.75, 3.05) is 13.1 Å². The largest absolute Gasteiger partial charge is 0.348 e. The summed E-state index contributed by atoms with van der Waals surface area (Å²) in [7, 11) is 0. The SMILES string of the molecule is N#Cc1c(Cl)cccc1-c1ccc(-n2c(C[C@@H]3CCN(C(=O)C4CC4)C3)n[nH]c2=O)c(F)c1. The zero-order valence-corrected chi connectivity index (χ0v) is 18.5. The predicted octanol–water partition coefficient (Wildman–Crippen LogP) is 3.69. The van der Waals surface area contributed by atoms with Crippen LogP contribution >= 0.6 is 11.6 Å². The lowest BCUT2D eigenvalue weighted by atomic mass is 9.99. The number of rotatable bonds is 5. The van der Waals surface area contributed by atoms with Crippen LogP contribution in [-0.4, -0.2) is 38.7 Å². The topological polar surface area (TPSA) is 94.8 Å². The van der Waals surface area contributed by atoms with Gasteiger partial charge < -0.3 is 4.90 Å². The quantitative estimate of drug-likeness (QED) is 0.621. The first-order valence-corrected chi connectivity index (χ1v) is 11.3. The summed E-state index contributed by atoms with van der Waals surface area (Å²) in [6.07, 6.45) is 3.23. The number of H-pyrrole nitrogens is 1. The van der Waals surface area contributed by atoms with Crippen LogP contribution in [0.5, 0.6) is 0 Å². The van der Waals surface area contributed by atoms with Gasteiger partial charge in [0, 0.05) is 31.0 Å². The summed E-state index contributed by atoms with van der Waals surface area (Å²) in [5, 5.41) is 16.3.